The molecule has 0 bridgehead atoms. The van der Waals surface area contributed by atoms with Crippen LogP contribution in [-0.4, -0.2) is 12.6 Å². The maximum Gasteiger partial charge on any atom is 0.0701 e. The van der Waals surface area contributed by atoms with Gasteiger partial charge >= 0.3 is 0 Å². The summed E-state index contributed by atoms with van der Waals surface area (Å²) in [4.78, 5) is 1.51. The summed E-state index contributed by atoms with van der Waals surface area (Å²) in [6, 6.07) is 5.14. The maximum absolute atomic E-state index is 3.79. The van der Waals surface area contributed by atoms with Gasteiger partial charge in [0, 0.05) is 10.9 Å². The zero-order valence-electron chi connectivity index (χ0n) is 11.3. The van der Waals surface area contributed by atoms with Gasteiger partial charge in [0.1, 0.15) is 0 Å². The zero-order valence-corrected chi connectivity index (χ0v) is 13.7. The molecule has 1 atom stereocenters. The second kappa shape index (κ2) is 7.66. The predicted octanol–water partition coefficient (Wildman–Crippen LogP) is 5.00. The zero-order chi connectivity index (χ0) is 12.8. The Bertz CT molecular complexity index is 344. The summed E-state index contributed by atoms with van der Waals surface area (Å²) in [5.41, 5.74) is 0. The van der Waals surface area contributed by atoms with Gasteiger partial charge in [0.2, 0.25) is 0 Å². The standard InChI is InChI=1S/C15H24BrNS/c1-2-10-17-14(12-6-4-3-5-7-12)11-13-8-9-15(16)18-13/h8-9,12,14,17H,2-7,10-11H2,1H3. The van der Waals surface area contributed by atoms with Crippen molar-refractivity contribution in [2.45, 2.75) is 57.9 Å². The molecule has 0 saturated heterocycles. The highest BCUT2D eigenvalue weighted by molar-refractivity contribution is 9.11. The molecule has 1 unspecified atom stereocenters. The van der Waals surface area contributed by atoms with Crippen LogP contribution < -0.4 is 5.32 Å². The third-order valence-electron chi connectivity index (χ3n) is 3.93. The molecule has 1 aromatic heterocycles. The van der Waals surface area contributed by atoms with Gasteiger partial charge in [-0.15, -0.1) is 11.3 Å². The molecule has 102 valence electrons. The quantitative estimate of drug-likeness (QED) is 0.774. The molecule has 0 aliphatic heterocycles. The van der Waals surface area contributed by atoms with Crippen LogP contribution in [-0.2, 0) is 6.42 Å². The largest absolute Gasteiger partial charge is 0.313 e. The minimum Gasteiger partial charge on any atom is -0.313 e. The van der Waals surface area contributed by atoms with E-state index in [2.05, 4.69) is 40.3 Å². The number of halogens is 1. The average Bonchev–Trinajstić information content (AvgIpc) is 2.81. The van der Waals surface area contributed by atoms with Crippen molar-refractivity contribution in [3.8, 4) is 0 Å². The van der Waals surface area contributed by atoms with Crippen LogP contribution in [0.1, 0.15) is 50.3 Å². The van der Waals surface area contributed by atoms with Crippen LogP contribution in [0.5, 0.6) is 0 Å². The first kappa shape index (κ1) is 14.5. The second-order valence-electron chi connectivity index (χ2n) is 5.37. The SMILES string of the molecule is CCCNC(Cc1ccc(Br)s1)C1CCCCC1. The highest BCUT2D eigenvalue weighted by atomic mass is 79.9. The molecule has 0 amide bonds. The number of nitrogens with one attached hydrogen (secondary N) is 1. The Labute approximate surface area is 123 Å². The fraction of sp³-hybridized carbons (Fsp3) is 0.733. The molecule has 0 radical (unpaired) electrons. The van der Waals surface area contributed by atoms with Crippen molar-refractivity contribution in [1.29, 1.82) is 0 Å². The summed E-state index contributed by atoms with van der Waals surface area (Å²) < 4.78 is 1.26. The van der Waals surface area contributed by atoms with Gasteiger partial charge in [-0.1, -0.05) is 26.2 Å². The van der Waals surface area contributed by atoms with Gasteiger partial charge in [0.05, 0.1) is 3.79 Å². The topological polar surface area (TPSA) is 12.0 Å². The third-order valence-corrected chi connectivity index (χ3v) is 5.57. The molecular formula is C15H24BrNS. The third kappa shape index (κ3) is 4.36. The van der Waals surface area contributed by atoms with E-state index < -0.39 is 0 Å². The lowest BCUT2D eigenvalue weighted by Crippen LogP contribution is -2.39. The molecule has 18 heavy (non-hydrogen) atoms. The second-order valence-corrected chi connectivity index (χ2v) is 7.92. The molecule has 1 fully saturated rings. The molecule has 3 heteroatoms. The molecule has 0 aromatic carbocycles. The number of thiophene rings is 1. The first-order chi connectivity index (χ1) is 8.79. The van der Waals surface area contributed by atoms with Crippen molar-refractivity contribution in [2.75, 3.05) is 6.54 Å². The van der Waals surface area contributed by atoms with E-state index in [1.165, 1.54) is 53.6 Å². The lowest BCUT2D eigenvalue weighted by molar-refractivity contribution is 0.268. The molecule has 0 spiro atoms. The fourth-order valence-electron chi connectivity index (χ4n) is 2.95. The van der Waals surface area contributed by atoms with E-state index in [-0.39, 0.29) is 0 Å². The molecule has 2 rings (SSSR count). The molecule has 1 saturated carbocycles. The first-order valence-corrected chi connectivity index (χ1v) is 8.88. The fourth-order valence-corrected chi connectivity index (χ4v) is 4.49. The average molecular weight is 330 g/mol. The molecule has 1 nitrogen and oxygen atoms in total. The van der Waals surface area contributed by atoms with Crippen molar-refractivity contribution in [2.24, 2.45) is 5.92 Å². The lowest BCUT2D eigenvalue weighted by atomic mass is 9.82. The Kier molecular flexibility index (Phi) is 6.19. The van der Waals surface area contributed by atoms with Crippen LogP contribution in [0.25, 0.3) is 0 Å². The maximum atomic E-state index is 3.79. The van der Waals surface area contributed by atoms with Gasteiger partial charge in [-0.25, -0.2) is 0 Å². The van der Waals surface area contributed by atoms with Gasteiger partial charge in [-0.3, -0.25) is 0 Å². The van der Waals surface area contributed by atoms with Crippen molar-refractivity contribution in [3.63, 3.8) is 0 Å². The van der Waals surface area contributed by atoms with Gasteiger partial charge in [0.25, 0.3) is 0 Å². The monoisotopic (exact) mass is 329 g/mol. The van der Waals surface area contributed by atoms with Crippen molar-refractivity contribution in [3.05, 3.63) is 20.8 Å². The minimum atomic E-state index is 0.691. The van der Waals surface area contributed by atoms with Crippen LogP contribution >= 0.6 is 27.3 Å². The van der Waals surface area contributed by atoms with Crippen LogP contribution in [0.3, 0.4) is 0 Å². The van der Waals surface area contributed by atoms with Gasteiger partial charge in [-0.2, -0.15) is 0 Å². The Morgan fingerprint density at radius 2 is 2.11 bits per heavy atom. The molecule has 1 aliphatic rings. The van der Waals surface area contributed by atoms with Crippen LogP contribution in [0.4, 0.5) is 0 Å². The molecule has 1 aromatic rings. The van der Waals surface area contributed by atoms with Crippen molar-refractivity contribution < 1.29 is 0 Å². The predicted molar refractivity (Wildman–Crippen MR) is 84.4 cm³/mol. The summed E-state index contributed by atoms with van der Waals surface area (Å²) in [7, 11) is 0. The van der Waals surface area contributed by atoms with Crippen molar-refractivity contribution in [1.82, 2.24) is 5.32 Å². The summed E-state index contributed by atoms with van der Waals surface area (Å²) in [6.45, 7) is 3.42. The Balaban J connectivity index is 1.94. The summed E-state index contributed by atoms with van der Waals surface area (Å²) >= 11 is 5.46. The van der Waals surface area contributed by atoms with Gasteiger partial charge in [0.15, 0.2) is 0 Å². The Morgan fingerprint density at radius 3 is 2.72 bits per heavy atom. The molecule has 1 heterocycles. The van der Waals surface area contributed by atoms with E-state index in [1.807, 2.05) is 11.3 Å². The van der Waals surface area contributed by atoms with E-state index in [4.69, 9.17) is 0 Å². The molecule has 1 aliphatic carbocycles. The molecular weight excluding hydrogens is 306 g/mol. The Morgan fingerprint density at radius 1 is 1.33 bits per heavy atom. The number of rotatable bonds is 6. The highest BCUT2D eigenvalue weighted by Crippen LogP contribution is 2.30. The summed E-state index contributed by atoms with van der Waals surface area (Å²) in [5.74, 6) is 0.895. The Hall–Kier alpha value is 0.140. The van der Waals surface area contributed by atoms with Gasteiger partial charge < -0.3 is 5.32 Å². The van der Waals surface area contributed by atoms with Crippen LogP contribution in [0.2, 0.25) is 0 Å². The highest BCUT2D eigenvalue weighted by Gasteiger charge is 2.23. The normalized spacial score (nSPS) is 19.0. The van der Waals surface area contributed by atoms with Crippen LogP contribution in [0.15, 0.2) is 15.9 Å². The molecule has 1 N–H and O–H groups in total. The van der Waals surface area contributed by atoms with E-state index in [0.29, 0.717) is 6.04 Å². The lowest BCUT2D eigenvalue weighted by Gasteiger charge is -2.31. The van der Waals surface area contributed by atoms with E-state index in [0.717, 1.165) is 12.5 Å². The smallest absolute Gasteiger partial charge is 0.0701 e. The van der Waals surface area contributed by atoms with Crippen molar-refractivity contribution >= 4 is 27.3 Å². The van der Waals surface area contributed by atoms with E-state index in [1.54, 1.807) is 0 Å². The summed E-state index contributed by atoms with van der Waals surface area (Å²) in [5, 5.41) is 3.79. The van der Waals surface area contributed by atoms with Gasteiger partial charge in [-0.05, 0) is 66.2 Å². The first-order valence-electron chi connectivity index (χ1n) is 7.27. The van der Waals surface area contributed by atoms with E-state index in [9.17, 15) is 0 Å². The number of hydrogen-bond acceptors (Lipinski definition) is 2. The van der Waals surface area contributed by atoms with E-state index >= 15 is 0 Å². The minimum absolute atomic E-state index is 0.691. The summed E-state index contributed by atoms with van der Waals surface area (Å²) in [6.07, 6.45) is 9.61. The number of hydrogen-bond donors (Lipinski definition) is 1. The van der Waals surface area contributed by atoms with Crippen LogP contribution in [0, 0.1) is 5.92 Å².